The van der Waals surface area contributed by atoms with Crippen molar-refractivity contribution in [2.45, 2.75) is 26.9 Å². The number of halogens is 2. The predicted octanol–water partition coefficient (Wildman–Crippen LogP) is 6.91. The first kappa shape index (κ1) is 25.3. The fourth-order valence-corrected chi connectivity index (χ4v) is 4.53. The van der Waals surface area contributed by atoms with Gasteiger partial charge < -0.3 is 19.1 Å². The van der Waals surface area contributed by atoms with Crippen LogP contribution in [0, 0.1) is 6.92 Å². The van der Waals surface area contributed by atoms with Gasteiger partial charge in [0.15, 0.2) is 5.13 Å². The molecule has 3 aromatic rings. The first-order chi connectivity index (χ1) is 14.5. The van der Waals surface area contributed by atoms with E-state index >= 15 is 0 Å². The molecule has 0 N–H and O–H groups in total. The molecule has 0 amide bonds. The number of anilines is 2. The maximum atomic E-state index is 6.52. The van der Waals surface area contributed by atoms with Crippen molar-refractivity contribution in [2.24, 2.45) is 0 Å². The quantitative estimate of drug-likeness (QED) is 0.331. The minimum atomic E-state index is 0. The van der Waals surface area contributed by atoms with Gasteiger partial charge in [0.05, 0.1) is 37.2 Å². The minimum Gasteiger partial charge on any atom is -0.497 e. The highest BCUT2D eigenvalue weighted by molar-refractivity contribution is 7.16. The highest BCUT2D eigenvalue weighted by Crippen LogP contribution is 2.41. The molecule has 0 aliphatic heterocycles. The van der Waals surface area contributed by atoms with Crippen molar-refractivity contribution >= 4 is 46.2 Å². The minimum absolute atomic E-state index is 0. The number of rotatable bonds is 9. The zero-order valence-electron chi connectivity index (χ0n) is 18.4. The number of hydrogen-bond donors (Lipinski definition) is 0. The van der Waals surface area contributed by atoms with E-state index in [4.69, 9.17) is 30.8 Å². The average molecular weight is 483 g/mol. The average Bonchev–Trinajstić information content (AvgIpc) is 3.13. The Labute approximate surface area is 199 Å². The molecule has 0 atom stereocenters. The molecule has 0 aliphatic carbocycles. The molecule has 0 saturated heterocycles. The highest BCUT2D eigenvalue weighted by atomic mass is 35.5. The number of benzene rings is 2. The molecule has 1 aromatic heterocycles. The molecule has 0 radical (unpaired) electrons. The normalized spacial score (nSPS) is 10.5. The second kappa shape index (κ2) is 11.6. The van der Waals surface area contributed by atoms with E-state index in [2.05, 4.69) is 24.8 Å². The van der Waals surface area contributed by atoms with Crippen LogP contribution in [0.25, 0.3) is 11.3 Å². The Kier molecular flexibility index (Phi) is 9.44. The van der Waals surface area contributed by atoms with Gasteiger partial charge in [-0.2, -0.15) is 0 Å². The molecule has 0 fully saturated rings. The third kappa shape index (κ3) is 5.63. The van der Waals surface area contributed by atoms with Crippen molar-refractivity contribution in [1.29, 1.82) is 0 Å². The van der Waals surface area contributed by atoms with Crippen molar-refractivity contribution < 1.29 is 14.2 Å². The van der Waals surface area contributed by atoms with Crippen LogP contribution < -0.4 is 14.4 Å². The number of thiazole rings is 1. The number of hydrogen-bond acceptors (Lipinski definition) is 6. The molecule has 3 rings (SSSR count). The van der Waals surface area contributed by atoms with Crippen molar-refractivity contribution in [3.8, 4) is 22.8 Å². The van der Waals surface area contributed by atoms with E-state index in [1.807, 2.05) is 30.3 Å². The zero-order chi connectivity index (χ0) is 21.7. The van der Waals surface area contributed by atoms with E-state index in [0.29, 0.717) is 11.6 Å². The highest BCUT2D eigenvalue weighted by Gasteiger charge is 2.21. The molecule has 0 bridgehead atoms. The molecule has 5 nitrogen and oxygen atoms in total. The van der Waals surface area contributed by atoms with E-state index < -0.39 is 0 Å². The lowest BCUT2D eigenvalue weighted by molar-refractivity contribution is 0.185. The summed E-state index contributed by atoms with van der Waals surface area (Å²) in [4.78, 5) is 8.28. The lowest BCUT2D eigenvalue weighted by Gasteiger charge is -2.24. The van der Waals surface area contributed by atoms with Gasteiger partial charge >= 0.3 is 0 Å². The van der Waals surface area contributed by atoms with Crippen LogP contribution >= 0.6 is 35.3 Å². The molecule has 31 heavy (non-hydrogen) atoms. The van der Waals surface area contributed by atoms with E-state index in [1.165, 1.54) is 0 Å². The lowest BCUT2D eigenvalue weighted by Crippen LogP contribution is -2.18. The summed E-state index contributed by atoms with van der Waals surface area (Å²) >= 11 is 8.17. The van der Waals surface area contributed by atoms with Gasteiger partial charge in [-0.15, -0.1) is 23.7 Å². The second-order valence-corrected chi connectivity index (χ2v) is 8.43. The Bertz CT molecular complexity index is 1010. The molecular weight excluding hydrogens is 455 g/mol. The van der Waals surface area contributed by atoms with Crippen LogP contribution in [0.4, 0.5) is 10.8 Å². The van der Waals surface area contributed by atoms with E-state index in [0.717, 1.165) is 57.0 Å². The molecule has 0 unspecified atom stereocenters. The van der Waals surface area contributed by atoms with Gasteiger partial charge in [0.2, 0.25) is 0 Å². The number of nitrogens with zero attached hydrogens (tertiary/aromatic N) is 2. The summed E-state index contributed by atoms with van der Waals surface area (Å²) in [6, 6.07) is 11.8. The van der Waals surface area contributed by atoms with Crippen LogP contribution in [-0.4, -0.2) is 32.9 Å². The van der Waals surface area contributed by atoms with Crippen molar-refractivity contribution in [3.63, 3.8) is 0 Å². The van der Waals surface area contributed by atoms with Crippen LogP contribution in [0.2, 0.25) is 5.02 Å². The number of aryl methyl sites for hydroxylation is 1. The van der Waals surface area contributed by atoms with Crippen molar-refractivity contribution in [1.82, 2.24) is 4.98 Å². The molecule has 2 aromatic carbocycles. The molecule has 8 heteroatoms. The summed E-state index contributed by atoms with van der Waals surface area (Å²) in [5.41, 5.74) is 3.85. The Morgan fingerprint density at radius 1 is 1.06 bits per heavy atom. The Morgan fingerprint density at radius 3 is 2.45 bits per heavy atom. The van der Waals surface area contributed by atoms with Crippen LogP contribution in [-0.2, 0) is 11.3 Å². The summed E-state index contributed by atoms with van der Waals surface area (Å²) in [6.07, 6.45) is 0.967. The van der Waals surface area contributed by atoms with Gasteiger partial charge in [0, 0.05) is 24.1 Å². The Morgan fingerprint density at radius 2 is 1.84 bits per heavy atom. The summed E-state index contributed by atoms with van der Waals surface area (Å²) < 4.78 is 16.2. The summed E-state index contributed by atoms with van der Waals surface area (Å²) in [5, 5.41) is 1.53. The largest absolute Gasteiger partial charge is 0.497 e. The van der Waals surface area contributed by atoms with Crippen LogP contribution in [0.15, 0.2) is 36.4 Å². The summed E-state index contributed by atoms with van der Waals surface area (Å²) in [5.74, 6) is 1.53. The zero-order valence-corrected chi connectivity index (χ0v) is 20.8. The fraction of sp³-hybridized carbons (Fsp3) is 0.348. The van der Waals surface area contributed by atoms with Crippen LogP contribution in [0.1, 0.15) is 23.8 Å². The molecule has 0 spiro atoms. The first-order valence-electron chi connectivity index (χ1n) is 9.77. The fourth-order valence-electron chi connectivity index (χ4n) is 3.31. The smallest absolute Gasteiger partial charge is 0.190 e. The number of ether oxygens (including phenoxy) is 3. The predicted molar refractivity (Wildman–Crippen MR) is 132 cm³/mol. The van der Waals surface area contributed by atoms with E-state index in [9.17, 15) is 0 Å². The Balaban J connectivity index is 0.00000341. The van der Waals surface area contributed by atoms with Gasteiger partial charge in [0.25, 0.3) is 0 Å². The monoisotopic (exact) mass is 482 g/mol. The van der Waals surface area contributed by atoms with Crippen molar-refractivity contribution in [2.75, 3.05) is 32.8 Å². The van der Waals surface area contributed by atoms with Crippen molar-refractivity contribution in [3.05, 3.63) is 51.9 Å². The van der Waals surface area contributed by atoms with Gasteiger partial charge in [0.1, 0.15) is 11.5 Å². The SMILES string of the molecule is CCCN(c1nc(-c2ccc(OC)cc2Cl)c(C)s1)c1cc(COC)ccc1OC.Cl. The van der Waals surface area contributed by atoms with E-state index in [1.54, 1.807) is 32.7 Å². The van der Waals surface area contributed by atoms with Crippen LogP contribution in [0.3, 0.4) is 0 Å². The standard InChI is InChI=1S/C23H27ClN2O3S.ClH/c1-6-11-26(20-12-16(14-27-3)7-10-21(20)29-5)23-25-22(15(2)30-23)18-9-8-17(28-4)13-19(18)24;/h7-10,12-13H,6,11,14H2,1-5H3;1H. The first-order valence-corrected chi connectivity index (χ1v) is 11.0. The molecule has 0 aliphatic rings. The molecular formula is C23H28Cl2N2O3S. The summed E-state index contributed by atoms with van der Waals surface area (Å²) in [7, 11) is 5.02. The third-order valence-electron chi connectivity index (χ3n) is 4.74. The lowest BCUT2D eigenvalue weighted by atomic mass is 10.1. The second-order valence-electron chi connectivity index (χ2n) is 6.84. The number of methoxy groups -OCH3 is 3. The Hall–Kier alpha value is -1.99. The molecule has 1 heterocycles. The van der Waals surface area contributed by atoms with Gasteiger partial charge in [-0.05, 0) is 49.2 Å². The third-order valence-corrected chi connectivity index (χ3v) is 6.05. The maximum absolute atomic E-state index is 6.52. The van der Waals surface area contributed by atoms with Gasteiger partial charge in [-0.25, -0.2) is 4.98 Å². The van der Waals surface area contributed by atoms with E-state index in [-0.39, 0.29) is 12.4 Å². The molecule has 0 saturated carbocycles. The van der Waals surface area contributed by atoms with Crippen LogP contribution in [0.5, 0.6) is 11.5 Å². The topological polar surface area (TPSA) is 43.8 Å². The maximum Gasteiger partial charge on any atom is 0.190 e. The summed E-state index contributed by atoms with van der Waals surface area (Å²) in [6.45, 7) is 5.58. The van der Waals surface area contributed by atoms with Gasteiger partial charge in [-0.1, -0.05) is 24.6 Å². The van der Waals surface area contributed by atoms with Gasteiger partial charge in [-0.3, -0.25) is 0 Å². The molecule has 168 valence electrons. The number of aromatic nitrogens is 1.